The van der Waals surface area contributed by atoms with Crippen LogP contribution in [0.15, 0.2) is 24.3 Å². The molecule has 0 bridgehead atoms. The van der Waals surface area contributed by atoms with Crippen LogP contribution in [0.25, 0.3) is 0 Å². The number of hydrogen-bond acceptors (Lipinski definition) is 4. The van der Waals surface area contributed by atoms with Gasteiger partial charge in [0.1, 0.15) is 0 Å². The summed E-state index contributed by atoms with van der Waals surface area (Å²) in [5.41, 5.74) is 1.39. The molecule has 2 fully saturated rings. The van der Waals surface area contributed by atoms with Crippen molar-refractivity contribution >= 4 is 23.4 Å². The van der Waals surface area contributed by atoms with Crippen molar-refractivity contribution in [2.75, 3.05) is 38.6 Å². The minimum absolute atomic E-state index is 0.00515. The van der Waals surface area contributed by atoms with E-state index in [9.17, 15) is 14.4 Å². The summed E-state index contributed by atoms with van der Waals surface area (Å²) in [6.07, 6.45) is 2.22. The van der Waals surface area contributed by atoms with Gasteiger partial charge >= 0.3 is 0 Å². The monoisotopic (exact) mass is 386 g/mol. The summed E-state index contributed by atoms with van der Waals surface area (Å²) >= 11 is 0. The molecular formula is C21H30N4O3. The highest BCUT2D eigenvalue weighted by Gasteiger charge is 2.49. The van der Waals surface area contributed by atoms with Crippen molar-refractivity contribution in [3.63, 3.8) is 0 Å². The Labute approximate surface area is 166 Å². The van der Waals surface area contributed by atoms with Gasteiger partial charge in [0.2, 0.25) is 11.8 Å². The van der Waals surface area contributed by atoms with Crippen LogP contribution in [-0.4, -0.2) is 72.8 Å². The van der Waals surface area contributed by atoms with Crippen molar-refractivity contribution in [1.29, 1.82) is 0 Å². The van der Waals surface area contributed by atoms with Gasteiger partial charge in [0.05, 0.1) is 0 Å². The maximum atomic E-state index is 13.4. The van der Waals surface area contributed by atoms with E-state index in [4.69, 9.17) is 0 Å². The molecule has 152 valence electrons. The number of benzene rings is 1. The number of nitrogens with one attached hydrogen (secondary N) is 1. The molecule has 28 heavy (non-hydrogen) atoms. The van der Waals surface area contributed by atoms with Gasteiger partial charge in [0.25, 0.3) is 5.91 Å². The summed E-state index contributed by atoms with van der Waals surface area (Å²) in [4.78, 5) is 42.5. The van der Waals surface area contributed by atoms with Gasteiger partial charge in [-0.3, -0.25) is 14.4 Å². The van der Waals surface area contributed by atoms with Crippen molar-refractivity contribution < 1.29 is 14.4 Å². The highest BCUT2D eigenvalue weighted by Crippen LogP contribution is 2.39. The van der Waals surface area contributed by atoms with Gasteiger partial charge in [-0.1, -0.05) is 0 Å². The number of rotatable bonds is 3. The van der Waals surface area contributed by atoms with Crippen molar-refractivity contribution in [1.82, 2.24) is 15.1 Å². The lowest BCUT2D eigenvalue weighted by Crippen LogP contribution is -2.54. The molecule has 3 rings (SSSR count). The van der Waals surface area contributed by atoms with Crippen LogP contribution in [0.5, 0.6) is 0 Å². The smallest absolute Gasteiger partial charge is 0.254 e. The van der Waals surface area contributed by atoms with Crippen molar-refractivity contribution in [2.24, 2.45) is 0 Å². The van der Waals surface area contributed by atoms with Crippen LogP contribution in [-0.2, 0) is 9.59 Å². The molecule has 2 aliphatic rings. The van der Waals surface area contributed by atoms with E-state index in [2.05, 4.69) is 5.32 Å². The number of carbonyl (C=O) groups is 3. The highest BCUT2D eigenvalue weighted by atomic mass is 16.2. The Morgan fingerprint density at radius 2 is 1.68 bits per heavy atom. The first kappa shape index (κ1) is 20.2. The predicted octanol–water partition coefficient (Wildman–Crippen LogP) is 1.48. The van der Waals surface area contributed by atoms with Gasteiger partial charge < -0.3 is 20.0 Å². The first-order valence-electron chi connectivity index (χ1n) is 9.84. The van der Waals surface area contributed by atoms with Crippen LogP contribution >= 0.6 is 0 Å². The van der Waals surface area contributed by atoms with E-state index < -0.39 is 0 Å². The second-order valence-electron chi connectivity index (χ2n) is 8.19. The summed E-state index contributed by atoms with van der Waals surface area (Å²) in [6.45, 7) is 4.89. The average Bonchev–Trinajstić information content (AvgIpc) is 2.98. The fraction of sp³-hybridized carbons (Fsp3) is 0.571. The van der Waals surface area contributed by atoms with E-state index in [-0.39, 0.29) is 29.3 Å². The normalized spacial score (nSPS) is 20.9. The Morgan fingerprint density at radius 3 is 2.18 bits per heavy atom. The second-order valence-corrected chi connectivity index (χ2v) is 8.19. The second kappa shape index (κ2) is 7.81. The molecule has 1 aromatic rings. The first-order chi connectivity index (χ1) is 13.2. The Bertz CT molecular complexity index is 751. The van der Waals surface area contributed by atoms with E-state index in [1.54, 1.807) is 6.92 Å². The van der Waals surface area contributed by atoms with E-state index in [0.717, 1.165) is 24.9 Å². The van der Waals surface area contributed by atoms with Crippen LogP contribution in [0.2, 0.25) is 0 Å². The summed E-state index contributed by atoms with van der Waals surface area (Å²) in [5, 5.41) is 2.99. The zero-order valence-corrected chi connectivity index (χ0v) is 17.2. The minimum atomic E-state index is -0.309. The topological polar surface area (TPSA) is 73.0 Å². The van der Waals surface area contributed by atoms with E-state index in [1.807, 2.05) is 53.1 Å². The van der Waals surface area contributed by atoms with Gasteiger partial charge in [-0.05, 0) is 43.5 Å². The Balaban J connectivity index is 1.83. The molecule has 0 saturated carbocycles. The predicted molar refractivity (Wildman–Crippen MR) is 108 cm³/mol. The average molecular weight is 386 g/mol. The van der Waals surface area contributed by atoms with Crippen LogP contribution < -0.4 is 10.2 Å². The third-order valence-electron chi connectivity index (χ3n) is 6.02. The molecule has 1 spiro atoms. The minimum Gasteiger partial charge on any atom is -0.378 e. The number of nitrogens with zero attached hydrogens (tertiary/aromatic N) is 3. The summed E-state index contributed by atoms with van der Waals surface area (Å²) < 4.78 is 0. The molecule has 2 aliphatic heterocycles. The molecule has 0 aromatic heterocycles. The van der Waals surface area contributed by atoms with Gasteiger partial charge in [0, 0.05) is 70.4 Å². The Morgan fingerprint density at radius 1 is 1.07 bits per heavy atom. The molecule has 7 nitrogen and oxygen atoms in total. The molecule has 1 atom stereocenters. The van der Waals surface area contributed by atoms with Crippen LogP contribution in [0.4, 0.5) is 5.69 Å². The van der Waals surface area contributed by atoms with Crippen molar-refractivity contribution in [2.45, 2.75) is 44.7 Å². The first-order valence-corrected chi connectivity index (χ1v) is 9.84. The van der Waals surface area contributed by atoms with Crippen molar-refractivity contribution in [3.05, 3.63) is 29.8 Å². The molecule has 2 heterocycles. The summed E-state index contributed by atoms with van der Waals surface area (Å²) in [6, 6.07) is 7.56. The number of anilines is 1. The third kappa shape index (κ3) is 3.98. The summed E-state index contributed by atoms with van der Waals surface area (Å²) in [7, 11) is 3.93. The maximum absolute atomic E-state index is 13.4. The van der Waals surface area contributed by atoms with E-state index >= 15 is 0 Å². The quantitative estimate of drug-likeness (QED) is 0.854. The molecular weight excluding hydrogens is 356 g/mol. The molecule has 1 N–H and O–H groups in total. The van der Waals surface area contributed by atoms with Gasteiger partial charge in [-0.25, -0.2) is 0 Å². The number of hydrogen-bond donors (Lipinski definition) is 1. The SMILES string of the molecule is CC(=O)N[C@@H]1CN(C(=O)c2ccc(N(C)C)cc2)C2(CCN(C(C)=O)CC2)C1. The standard InChI is InChI=1S/C21H30N4O3/c1-15(26)22-18-13-21(9-11-24(12-10-21)16(2)27)25(14-18)20(28)17-5-7-19(8-6-17)23(3)4/h5-8,18H,9-14H2,1-4H3,(H,22,26)/t18-/m0/s1. The molecule has 0 unspecified atom stereocenters. The van der Waals surface area contributed by atoms with Crippen LogP contribution in [0.3, 0.4) is 0 Å². The van der Waals surface area contributed by atoms with Crippen molar-refractivity contribution in [3.8, 4) is 0 Å². The van der Waals surface area contributed by atoms with Crippen LogP contribution in [0.1, 0.15) is 43.5 Å². The number of likely N-dealkylation sites (tertiary alicyclic amines) is 2. The number of piperidine rings is 1. The van der Waals surface area contributed by atoms with Gasteiger partial charge in [-0.2, -0.15) is 0 Å². The highest BCUT2D eigenvalue weighted by molar-refractivity contribution is 5.95. The van der Waals surface area contributed by atoms with Crippen LogP contribution in [0, 0.1) is 0 Å². The largest absolute Gasteiger partial charge is 0.378 e. The third-order valence-corrected chi connectivity index (χ3v) is 6.02. The zero-order chi connectivity index (χ0) is 20.5. The van der Waals surface area contributed by atoms with E-state index in [1.165, 1.54) is 6.92 Å². The molecule has 3 amide bonds. The maximum Gasteiger partial charge on any atom is 0.254 e. The molecule has 7 heteroatoms. The lowest BCUT2D eigenvalue weighted by molar-refractivity contribution is -0.131. The summed E-state index contributed by atoms with van der Waals surface area (Å²) in [5.74, 6) is -0.0104. The number of amides is 3. The lowest BCUT2D eigenvalue weighted by atomic mass is 9.83. The molecule has 1 aromatic carbocycles. The molecule has 2 saturated heterocycles. The lowest BCUT2D eigenvalue weighted by Gasteiger charge is -2.44. The number of carbonyl (C=O) groups excluding carboxylic acids is 3. The Hall–Kier alpha value is -2.57. The van der Waals surface area contributed by atoms with E-state index in [0.29, 0.717) is 25.2 Å². The van der Waals surface area contributed by atoms with Gasteiger partial charge in [-0.15, -0.1) is 0 Å². The molecule has 0 radical (unpaired) electrons. The van der Waals surface area contributed by atoms with Gasteiger partial charge in [0.15, 0.2) is 0 Å². The Kier molecular flexibility index (Phi) is 5.63. The fourth-order valence-corrected chi connectivity index (χ4v) is 4.50. The molecule has 0 aliphatic carbocycles. The fourth-order valence-electron chi connectivity index (χ4n) is 4.50. The zero-order valence-electron chi connectivity index (χ0n) is 17.2.